The molecule has 11 aromatic carbocycles. The van der Waals surface area contributed by atoms with Gasteiger partial charge in [-0.2, -0.15) is 0 Å². The highest BCUT2D eigenvalue weighted by molar-refractivity contribution is 6.28. The Labute approximate surface area is 436 Å². The standard InChI is InChI=1S/C69H43N7/c1-6-20-44(21-7-1)67-70-68(45-22-8-2-9-23-45)72-69(71-67)46-34-36-52-54-38-40-60-63(55-31-17-19-33-58(55)73(60)47-24-10-3-11-25-47)65(54)76(62(52)42-46)50-35-39-59-56(43-50)64-61(74(59)48-26-12-4-13-27-48)41-37-53-51-30-16-18-32-57(51)75(66(53)64)49-28-14-5-15-29-49/h1-43H. The van der Waals surface area contributed by atoms with Crippen molar-refractivity contribution in [3.05, 3.63) is 261 Å². The van der Waals surface area contributed by atoms with Gasteiger partial charge in [0.2, 0.25) is 0 Å². The van der Waals surface area contributed by atoms with Gasteiger partial charge in [0.05, 0.1) is 44.1 Å². The van der Waals surface area contributed by atoms with Crippen LogP contribution in [0.15, 0.2) is 261 Å². The van der Waals surface area contributed by atoms with E-state index in [1.165, 1.54) is 38.0 Å². The van der Waals surface area contributed by atoms with Crippen LogP contribution in [-0.2, 0) is 0 Å². The largest absolute Gasteiger partial charge is 0.309 e. The van der Waals surface area contributed by atoms with E-state index in [0.717, 1.165) is 88.7 Å². The minimum absolute atomic E-state index is 0.606. The third-order valence-corrected chi connectivity index (χ3v) is 15.4. The molecule has 16 rings (SSSR count). The predicted molar refractivity (Wildman–Crippen MR) is 313 cm³/mol. The third-order valence-electron chi connectivity index (χ3n) is 15.4. The van der Waals surface area contributed by atoms with E-state index in [9.17, 15) is 0 Å². The number of hydrogen-bond donors (Lipinski definition) is 0. The lowest BCUT2D eigenvalue weighted by atomic mass is 10.1. The second-order valence-electron chi connectivity index (χ2n) is 19.6. The Kier molecular flexibility index (Phi) is 9.20. The molecular formula is C69H43N7. The molecule has 7 nitrogen and oxygen atoms in total. The van der Waals surface area contributed by atoms with Crippen molar-refractivity contribution >= 4 is 87.2 Å². The van der Waals surface area contributed by atoms with Crippen molar-refractivity contribution in [1.29, 1.82) is 0 Å². The minimum Gasteiger partial charge on any atom is -0.309 e. The zero-order chi connectivity index (χ0) is 49.8. The van der Waals surface area contributed by atoms with Crippen molar-refractivity contribution in [2.24, 2.45) is 0 Å². The zero-order valence-electron chi connectivity index (χ0n) is 41.0. The van der Waals surface area contributed by atoms with Gasteiger partial charge in [-0.25, -0.2) is 15.0 Å². The van der Waals surface area contributed by atoms with Gasteiger partial charge in [-0.1, -0.05) is 176 Å². The van der Waals surface area contributed by atoms with Gasteiger partial charge in [-0.05, 0) is 84.9 Å². The predicted octanol–water partition coefficient (Wildman–Crippen LogP) is 17.3. The zero-order valence-corrected chi connectivity index (χ0v) is 41.0. The lowest BCUT2D eigenvalue weighted by molar-refractivity contribution is 1.07. The molecule has 7 heteroatoms. The molecule has 0 saturated heterocycles. The molecule has 0 spiro atoms. The number of rotatable bonds is 7. The molecule has 0 aliphatic rings. The Balaban J connectivity index is 1.05. The first-order chi connectivity index (χ1) is 37.7. The van der Waals surface area contributed by atoms with Crippen LogP contribution >= 0.6 is 0 Å². The van der Waals surface area contributed by atoms with Gasteiger partial charge < -0.3 is 18.3 Å². The molecule has 0 atom stereocenters. The molecule has 0 unspecified atom stereocenters. The van der Waals surface area contributed by atoms with Crippen LogP contribution in [0.4, 0.5) is 0 Å². The molecule has 0 saturated carbocycles. The maximum atomic E-state index is 5.24. The number of para-hydroxylation sites is 5. The fraction of sp³-hybridized carbons (Fsp3) is 0. The van der Waals surface area contributed by atoms with Crippen LogP contribution < -0.4 is 0 Å². The quantitative estimate of drug-likeness (QED) is 0.160. The Bertz CT molecular complexity index is 4900. The fourth-order valence-electron chi connectivity index (χ4n) is 12.1. The first-order valence-corrected chi connectivity index (χ1v) is 25.8. The molecule has 0 N–H and O–H groups in total. The van der Waals surface area contributed by atoms with Crippen LogP contribution in [0.5, 0.6) is 0 Å². The molecule has 0 radical (unpaired) electrons. The molecule has 0 fully saturated rings. The molecule has 76 heavy (non-hydrogen) atoms. The summed E-state index contributed by atoms with van der Waals surface area (Å²) >= 11 is 0. The summed E-state index contributed by atoms with van der Waals surface area (Å²) in [7, 11) is 0. The van der Waals surface area contributed by atoms with E-state index in [0.29, 0.717) is 17.5 Å². The average Bonchev–Trinajstić information content (AvgIpc) is 4.42. The number of hydrogen-bond acceptors (Lipinski definition) is 3. The number of benzene rings is 11. The summed E-state index contributed by atoms with van der Waals surface area (Å²) in [6, 6.07) is 93.4. The lowest BCUT2D eigenvalue weighted by Gasteiger charge is -2.12. The van der Waals surface area contributed by atoms with Crippen LogP contribution in [0.2, 0.25) is 0 Å². The van der Waals surface area contributed by atoms with Crippen LogP contribution in [0.1, 0.15) is 0 Å². The normalized spacial score (nSPS) is 11.9. The van der Waals surface area contributed by atoms with Crippen LogP contribution in [0.25, 0.3) is 144 Å². The van der Waals surface area contributed by atoms with Crippen molar-refractivity contribution in [2.75, 3.05) is 0 Å². The van der Waals surface area contributed by atoms with E-state index in [1.807, 2.05) is 36.4 Å². The van der Waals surface area contributed by atoms with Gasteiger partial charge in [-0.15, -0.1) is 0 Å². The molecule has 0 aliphatic carbocycles. The summed E-state index contributed by atoms with van der Waals surface area (Å²) in [6.07, 6.45) is 0. The first-order valence-electron chi connectivity index (χ1n) is 25.8. The fourth-order valence-corrected chi connectivity index (χ4v) is 12.1. The first kappa shape index (κ1) is 42.2. The summed E-state index contributed by atoms with van der Waals surface area (Å²) in [5.41, 5.74) is 16.2. The summed E-state index contributed by atoms with van der Waals surface area (Å²) in [6.45, 7) is 0. The summed E-state index contributed by atoms with van der Waals surface area (Å²) in [5, 5.41) is 9.45. The molecule has 16 aromatic rings. The number of nitrogens with zero attached hydrogens (tertiary/aromatic N) is 7. The van der Waals surface area contributed by atoms with Gasteiger partial charge in [0.15, 0.2) is 17.5 Å². The van der Waals surface area contributed by atoms with Gasteiger partial charge in [-0.3, -0.25) is 0 Å². The van der Waals surface area contributed by atoms with Crippen molar-refractivity contribution in [1.82, 2.24) is 33.2 Å². The highest BCUT2D eigenvalue weighted by atomic mass is 15.1. The van der Waals surface area contributed by atoms with E-state index in [-0.39, 0.29) is 0 Å². The smallest absolute Gasteiger partial charge is 0.164 e. The van der Waals surface area contributed by atoms with Crippen molar-refractivity contribution in [3.63, 3.8) is 0 Å². The second-order valence-corrected chi connectivity index (χ2v) is 19.6. The lowest BCUT2D eigenvalue weighted by Crippen LogP contribution is -2.00. The van der Waals surface area contributed by atoms with Crippen LogP contribution in [0, 0.1) is 0 Å². The number of fused-ring (bicyclic) bond motifs is 14. The third kappa shape index (κ3) is 6.26. The Hall–Kier alpha value is -10.4. The highest BCUT2D eigenvalue weighted by Crippen LogP contribution is 2.46. The summed E-state index contributed by atoms with van der Waals surface area (Å²) < 4.78 is 9.82. The maximum absolute atomic E-state index is 5.24. The molecule has 5 heterocycles. The Morgan fingerprint density at radius 2 is 0.592 bits per heavy atom. The topological polar surface area (TPSA) is 58.4 Å². The Morgan fingerprint density at radius 3 is 1.14 bits per heavy atom. The molecular weight excluding hydrogens is 927 g/mol. The molecule has 0 aliphatic heterocycles. The van der Waals surface area contributed by atoms with Crippen LogP contribution in [0.3, 0.4) is 0 Å². The molecule has 0 bridgehead atoms. The van der Waals surface area contributed by atoms with E-state index >= 15 is 0 Å². The van der Waals surface area contributed by atoms with E-state index in [1.54, 1.807) is 0 Å². The highest BCUT2D eigenvalue weighted by Gasteiger charge is 2.25. The van der Waals surface area contributed by atoms with Crippen molar-refractivity contribution in [2.45, 2.75) is 0 Å². The Morgan fingerprint density at radius 1 is 0.211 bits per heavy atom. The minimum atomic E-state index is 0.606. The monoisotopic (exact) mass is 969 g/mol. The van der Waals surface area contributed by atoms with E-state index in [4.69, 9.17) is 15.0 Å². The molecule has 354 valence electrons. The average molecular weight is 970 g/mol. The van der Waals surface area contributed by atoms with Gasteiger partial charge >= 0.3 is 0 Å². The molecule has 5 aromatic heterocycles. The molecule has 0 amide bonds. The summed E-state index contributed by atoms with van der Waals surface area (Å²) in [5.74, 6) is 1.86. The maximum Gasteiger partial charge on any atom is 0.164 e. The van der Waals surface area contributed by atoms with E-state index in [2.05, 4.69) is 243 Å². The van der Waals surface area contributed by atoms with Crippen LogP contribution in [-0.4, -0.2) is 33.2 Å². The van der Waals surface area contributed by atoms with E-state index < -0.39 is 0 Å². The van der Waals surface area contributed by atoms with Crippen molar-refractivity contribution in [3.8, 4) is 56.9 Å². The second kappa shape index (κ2) is 16.6. The van der Waals surface area contributed by atoms with Gasteiger partial charge in [0, 0.05) is 82.5 Å². The summed E-state index contributed by atoms with van der Waals surface area (Å²) in [4.78, 5) is 15.5. The van der Waals surface area contributed by atoms with Gasteiger partial charge in [0.1, 0.15) is 0 Å². The van der Waals surface area contributed by atoms with Crippen molar-refractivity contribution < 1.29 is 0 Å². The van der Waals surface area contributed by atoms with Gasteiger partial charge in [0.25, 0.3) is 0 Å². The number of aromatic nitrogens is 7. The SMILES string of the molecule is c1ccc(-c2nc(-c3ccccc3)nc(-c3ccc4c5ccc6c(c7ccccc7n6-c6ccccc6)c5n(-c5ccc6c(c5)c5c(ccc7c8ccccc8n(-c8ccccc8)c75)n6-c5ccccc5)c4c3)n2)cc1.